The average molecular weight is 430 g/mol. The van der Waals surface area contributed by atoms with Crippen molar-refractivity contribution in [3.63, 3.8) is 0 Å². The Labute approximate surface area is 177 Å². The normalized spacial score (nSPS) is 14.6. The second kappa shape index (κ2) is 9.02. The number of carbonyl (C=O) groups is 1. The van der Waals surface area contributed by atoms with E-state index in [1.807, 2.05) is 13.0 Å². The van der Waals surface area contributed by atoms with Crippen LogP contribution in [0.5, 0.6) is 0 Å². The van der Waals surface area contributed by atoms with Crippen LogP contribution in [-0.2, 0) is 32.5 Å². The largest absolute Gasteiger partial charge is 0.465 e. The van der Waals surface area contributed by atoms with Gasteiger partial charge in [-0.15, -0.1) is 0 Å². The maximum Gasteiger partial charge on any atom is 0.325 e. The lowest BCUT2D eigenvalue weighted by molar-refractivity contribution is -0.143. The molecule has 0 bridgehead atoms. The third-order valence-electron chi connectivity index (χ3n) is 5.62. The number of esters is 1. The van der Waals surface area contributed by atoms with Gasteiger partial charge in [-0.05, 0) is 50.8 Å². The van der Waals surface area contributed by atoms with E-state index >= 15 is 0 Å². The molecule has 8 heteroatoms. The molecule has 1 aromatic carbocycles. The van der Waals surface area contributed by atoms with Crippen molar-refractivity contribution in [2.24, 2.45) is 0 Å². The zero-order valence-corrected chi connectivity index (χ0v) is 18.5. The van der Waals surface area contributed by atoms with Crippen molar-refractivity contribution in [1.29, 1.82) is 5.26 Å². The van der Waals surface area contributed by atoms with Crippen molar-refractivity contribution in [2.45, 2.75) is 51.5 Å². The summed E-state index contributed by atoms with van der Waals surface area (Å²) in [5.41, 5.74) is 3.35. The van der Waals surface area contributed by atoms with Gasteiger partial charge >= 0.3 is 5.97 Å². The second-order valence-electron chi connectivity index (χ2n) is 7.43. The second-order valence-corrected chi connectivity index (χ2v) is 9.34. The van der Waals surface area contributed by atoms with Crippen LogP contribution in [0, 0.1) is 25.2 Å². The van der Waals surface area contributed by atoms with Gasteiger partial charge in [-0.3, -0.25) is 4.79 Å². The van der Waals surface area contributed by atoms with E-state index in [2.05, 4.69) is 6.07 Å². The van der Waals surface area contributed by atoms with Crippen LogP contribution >= 0.6 is 0 Å². The summed E-state index contributed by atoms with van der Waals surface area (Å²) in [5, 5.41) is 9.59. The molecule has 0 saturated carbocycles. The van der Waals surface area contributed by atoms with Gasteiger partial charge < -0.3 is 9.30 Å². The summed E-state index contributed by atoms with van der Waals surface area (Å²) >= 11 is 0. The monoisotopic (exact) mass is 429 g/mol. The van der Waals surface area contributed by atoms with Crippen molar-refractivity contribution in [1.82, 2.24) is 8.87 Å². The van der Waals surface area contributed by atoms with Crippen molar-refractivity contribution in [3.8, 4) is 6.07 Å². The number of hydrogen-bond acceptors (Lipinski definition) is 5. The molecule has 0 radical (unpaired) electrons. The molecule has 1 aromatic heterocycles. The number of aromatic nitrogens is 1. The highest BCUT2D eigenvalue weighted by Gasteiger charge is 2.30. The summed E-state index contributed by atoms with van der Waals surface area (Å²) < 4.78 is 34.8. The quantitative estimate of drug-likeness (QED) is 0.631. The molecule has 2 aromatic rings. The molecule has 0 N–H and O–H groups in total. The summed E-state index contributed by atoms with van der Waals surface area (Å²) in [6.45, 7) is 6.70. The van der Waals surface area contributed by atoms with Gasteiger partial charge in [-0.1, -0.05) is 18.2 Å². The fourth-order valence-corrected chi connectivity index (χ4v) is 5.79. The maximum absolute atomic E-state index is 13.2. The lowest BCUT2D eigenvalue weighted by atomic mass is 10.1. The molecule has 160 valence electrons. The first kappa shape index (κ1) is 22.1. The van der Waals surface area contributed by atoms with E-state index in [1.54, 1.807) is 36.6 Å². The van der Waals surface area contributed by atoms with Crippen molar-refractivity contribution in [2.75, 3.05) is 19.7 Å². The first-order chi connectivity index (χ1) is 14.3. The van der Waals surface area contributed by atoms with Gasteiger partial charge in [-0.2, -0.15) is 9.57 Å². The van der Waals surface area contributed by atoms with Crippen LogP contribution in [0.2, 0.25) is 0 Å². The fraction of sp³-hybridized carbons (Fsp3) is 0.455. The number of sulfonamides is 1. The lowest BCUT2D eigenvalue weighted by Gasteiger charge is -2.19. The minimum Gasteiger partial charge on any atom is -0.465 e. The topological polar surface area (TPSA) is 92.4 Å². The molecule has 0 spiro atoms. The first-order valence-corrected chi connectivity index (χ1v) is 11.6. The molecular formula is C22H27N3O4S. The number of benzene rings is 1. The van der Waals surface area contributed by atoms with Crippen molar-refractivity contribution >= 4 is 16.0 Å². The van der Waals surface area contributed by atoms with Gasteiger partial charge in [0.25, 0.3) is 0 Å². The van der Waals surface area contributed by atoms with E-state index < -0.39 is 10.0 Å². The molecule has 0 atom stereocenters. The average Bonchev–Trinajstić information content (AvgIpc) is 3.33. The predicted octanol–water partition coefficient (Wildman–Crippen LogP) is 2.92. The van der Waals surface area contributed by atoms with Crippen LogP contribution in [-0.4, -0.2) is 43.0 Å². The fourth-order valence-electron chi connectivity index (χ4n) is 4.05. The molecule has 3 rings (SSSR count). The smallest absolute Gasteiger partial charge is 0.325 e. The number of ether oxygens (including phenoxy) is 1. The first-order valence-electron chi connectivity index (χ1n) is 10.1. The Morgan fingerprint density at radius 1 is 1.20 bits per heavy atom. The van der Waals surface area contributed by atoms with Gasteiger partial charge in [0.15, 0.2) is 0 Å². The number of carbonyl (C=O) groups excluding carboxylic acids is 1. The highest BCUT2D eigenvalue weighted by Crippen LogP contribution is 2.29. The van der Waals surface area contributed by atoms with Crippen LogP contribution in [0.25, 0.3) is 0 Å². The summed E-state index contributed by atoms with van der Waals surface area (Å²) in [7, 11) is -3.59. The van der Waals surface area contributed by atoms with Gasteiger partial charge in [0.05, 0.1) is 17.1 Å². The molecular weight excluding hydrogens is 402 g/mol. The zero-order valence-electron chi connectivity index (χ0n) is 17.6. The van der Waals surface area contributed by atoms with Crippen LogP contribution in [0.4, 0.5) is 0 Å². The van der Waals surface area contributed by atoms with Gasteiger partial charge in [0.1, 0.15) is 12.6 Å². The Bertz CT molecular complexity index is 1090. The Kier molecular flexibility index (Phi) is 6.64. The number of hydrogen-bond donors (Lipinski definition) is 0. The Hall–Kier alpha value is -2.63. The van der Waals surface area contributed by atoms with Gasteiger partial charge in [-0.25, -0.2) is 8.42 Å². The highest BCUT2D eigenvalue weighted by molar-refractivity contribution is 7.89. The molecule has 0 amide bonds. The minimum atomic E-state index is -3.59. The zero-order chi connectivity index (χ0) is 21.9. The molecule has 0 unspecified atom stereocenters. The van der Waals surface area contributed by atoms with Crippen LogP contribution < -0.4 is 0 Å². The Morgan fingerprint density at radius 2 is 1.87 bits per heavy atom. The van der Waals surface area contributed by atoms with Crippen molar-refractivity contribution < 1.29 is 17.9 Å². The van der Waals surface area contributed by atoms with Crippen molar-refractivity contribution in [3.05, 3.63) is 52.3 Å². The van der Waals surface area contributed by atoms with Crippen LogP contribution in [0.15, 0.2) is 29.2 Å². The molecule has 1 aliphatic rings. The third kappa shape index (κ3) is 4.13. The predicted molar refractivity (Wildman–Crippen MR) is 112 cm³/mol. The SMILES string of the molecule is CCOC(=O)Cn1c(C)c(C#N)c(C)c1Cc1ccccc1S(=O)(=O)N1CCCC1. The van der Waals surface area contributed by atoms with E-state index in [9.17, 15) is 18.5 Å². The number of nitriles is 1. The van der Waals surface area contributed by atoms with Gasteiger partial charge in [0, 0.05) is 30.9 Å². The third-order valence-corrected chi connectivity index (χ3v) is 7.62. The molecule has 30 heavy (non-hydrogen) atoms. The van der Waals surface area contributed by atoms with Crippen LogP contribution in [0.3, 0.4) is 0 Å². The highest BCUT2D eigenvalue weighted by atomic mass is 32.2. The molecule has 1 saturated heterocycles. The summed E-state index contributed by atoms with van der Waals surface area (Å²) in [4.78, 5) is 12.4. The summed E-state index contributed by atoms with van der Waals surface area (Å²) in [6.07, 6.45) is 2.04. The number of rotatable bonds is 7. The molecule has 0 aliphatic carbocycles. The molecule has 7 nitrogen and oxygen atoms in total. The van der Waals surface area contributed by atoms with E-state index in [1.165, 1.54) is 4.31 Å². The molecule has 2 heterocycles. The maximum atomic E-state index is 13.2. The van der Waals surface area contributed by atoms with Gasteiger partial charge in [0.2, 0.25) is 10.0 Å². The summed E-state index contributed by atoms with van der Waals surface area (Å²) in [5.74, 6) is -0.390. The molecule has 1 fully saturated rings. The number of nitrogens with zero attached hydrogens (tertiary/aromatic N) is 3. The van der Waals surface area contributed by atoms with E-state index in [0.29, 0.717) is 36.3 Å². The Balaban J connectivity index is 2.05. The minimum absolute atomic E-state index is 0.0153. The standard InChI is InChI=1S/C22H27N3O4S/c1-4-29-22(26)15-25-17(3)19(14-23)16(2)20(25)13-18-9-5-6-10-21(18)30(27,28)24-11-7-8-12-24/h5-6,9-10H,4,7-8,11-13,15H2,1-3H3. The molecule has 1 aliphatic heterocycles. The van der Waals surface area contributed by atoms with E-state index in [-0.39, 0.29) is 24.0 Å². The van der Waals surface area contributed by atoms with E-state index in [0.717, 1.165) is 24.1 Å². The Morgan fingerprint density at radius 3 is 2.50 bits per heavy atom. The van der Waals surface area contributed by atoms with Crippen LogP contribution in [0.1, 0.15) is 47.8 Å². The summed E-state index contributed by atoms with van der Waals surface area (Å²) in [6, 6.07) is 9.17. The van der Waals surface area contributed by atoms with E-state index in [4.69, 9.17) is 4.74 Å². The lowest BCUT2D eigenvalue weighted by Crippen LogP contribution is -2.28.